The molecule has 0 fully saturated rings. The van der Waals surface area contributed by atoms with Crippen molar-refractivity contribution in [3.8, 4) is 0 Å². The topological polar surface area (TPSA) is 56.0 Å². The maximum atomic E-state index is 12.9. The van der Waals surface area contributed by atoms with Crippen molar-refractivity contribution >= 4 is 27.6 Å². The van der Waals surface area contributed by atoms with Gasteiger partial charge in [0.2, 0.25) is 0 Å². The van der Waals surface area contributed by atoms with Crippen LogP contribution in [-0.4, -0.2) is 24.3 Å². The number of aryl methyl sites for hydroxylation is 3. The van der Waals surface area contributed by atoms with Gasteiger partial charge >= 0.3 is 6.18 Å². The Balaban J connectivity index is 1.44. The summed E-state index contributed by atoms with van der Waals surface area (Å²) in [5.74, 6) is 0. The first kappa shape index (κ1) is 18.5. The highest BCUT2D eigenvalue weighted by Crippen LogP contribution is 2.30. The molecule has 0 saturated heterocycles. The van der Waals surface area contributed by atoms with Gasteiger partial charge in [0.25, 0.3) is 0 Å². The first-order valence-corrected chi connectivity index (χ1v) is 9.44. The van der Waals surface area contributed by atoms with Gasteiger partial charge in [-0.1, -0.05) is 0 Å². The van der Waals surface area contributed by atoms with Gasteiger partial charge in [0.1, 0.15) is 5.65 Å². The van der Waals surface area contributed by atoms with E-state index in [2.05, 4.69) is 15.0 Å². The Morgan fingerprint density at radius 1 is 1.00 bits per heavy atom. The highest BCUT2D eigenvalue weighted by atomic mass is 19.4. The maximum absolute atomic E-state index is 12.9. The monoisotopic (exact) mass is 407 g/mol. The van der Waals surface area contributed by atoms with Crippen LogP contribution in [0.4, 0.5) is 13.2 Å². The van der Waals surface area contributed by atoms with E-state index in [1.54, 1.807) is 18.3 Å². The van der Waals surface area contributed by atoms with E-state index < -0.39 is 11.7 Å². The van der Waals surface area contributed by atoms with Crippen molar-refractivity contribution in [2.75, 3.05) is 0 Å². The number of pyridine rings is 4. The molecule has 5 aromatic heterocycles. The van der Waals surface area contributed by atoms with Crippen molar-refractivity contribution in [1.82, 2.24) is 24.3 Å². The molecule has 5 aromatic rings. The van der Waals surface area contributed by atoms with Crippen LogP contribution in [0.5, 0.6) is 0 Å². The molecule has 0 atom stereocenters. The molecule has 0 aliphatic carbocycles. The summed E-state index contributed by atoms with van der Waals surface area (Å²) in [6.07, 6.45) is 1.40. The van der Waals surface area contributed by atoms with Gasteiger partial charge in [-0.25, -0.2) is 15.0 Å². The predicted molar refractivity (Wildman–Crippen MR) is 107 cm³/mol. The summed E-state index contributed by atoms with van der Waals surface area (Å²) in [4.78, 5) is 17.5. The molecular formula is C22H16F3N5. The van der Waals surface area contributed by atoms with Crippen molar-refractivity contribution < 1.29 is 13.2 Å². The Kier molecular flexibility index (Phi) is 4.16. The molecule has 0 bridgehead atoms. The molecule has 0 aromatic carbocycles. The second-order valence-corrected chi connectivity index (χ2v) is 7.16. The molecule has 5 nitrogen and oxygen atoms in total. The predicted octanol–water partition coefficient (Wildman–Crippen LogP) is 4.94. The third-order valence-electron chi connectivity index (χ3n) is 5.25. The van der Waals surface area contributed by atoms with Crippen LogP contribution in [0.2, 0.25) is 0 Å². The minimum absolute atomic E-state index is 0.310. The third-order valence-corrected chi connectivity index (χ3v) is 5.25. The Hall–Kier alpha value is -3.55. The zero-order chi connectivity index (χ0) is 20.9. The number of alkyl halides is 3. The molecular weight excluding hydrogens is 391 g/mol. The fraction of sp³-hybridized carbons (Fsp3) is 0.182. The summed E-state index contributed by atoms with van der Waals surface area (Å²) in [5.41, 5.74) is 4.05. The van der Waals surface area contributed by atoms with Crippen molar-refractivity contribution in [2.24, 2.45) is 0 Å². The molecule has 8 heteroatoms. The van der Waals surface area contributed by atoms with Crippen molar-refractivity contribution in [1.29, 1.82) is 0 Å². The van der Waals surface area contributed by atoms with Gasteiger partial charge in [0, 0.05) is 40.8 Å². The summed E-state index contributed by atoms with van der Waals surface area (Å²) in [7, 11) is 0. The van der Waals surface area contributed by atoms with Crippen molar-refractivity contribution in [3.05, 3.63) is 77.6 Å². The Morgan fingerprint density at radius 3 is 2.70 bits per heavy atom. The standard InChI is InChI=1S/C22H16F3N5/c1-13-18(29-21-17-3-2-9-26-19(17)8-10-30(13)21)7-6-16-5-4-14-11-15(22(23,24)25)12-27-20(14)28-16/h2-5,8-12H,6-7H2,1H3. The minimum atomic E-state index is -4.42. The van der Waals surface area contributed by atoms with E-state index in [4.69, 9.17) is 4.98 Å². The summed E-state index contributed by atoms with van der Waals surface area (Å²) in [6, 6.07) is 10.3. The lowest BCUT2D eigenvalue weighted by Gasteiger charge is -2.07. The minimum Gasteiger partial charge on any atom is -0.303 e. The third kappa shape index (κ3) is 3.14. The molecule has 0 saturated carbocycles. The average Bonchev–Trinajstić information content (AvgIpc) is 3.07. The average molecular weight is 407 g/mol. The largest absolute Gasteiger partial charge is 0.417 e. The second kappa shape index (κ2) is 6.76. The maximum Gasteiger partial charge on any atom is 0.417 e. The molecule has 30 heavy (non-hydrogen) atoms. The molecule has 0 radical (unpaired) electrons. The smallest absolute Gasteiger partial charge is 0.303 e. The molecule has 0 spiro atoms. The highest BCUT2D eigenvalue weighted by molar-refractivity contribution is 5.91. The fourth-order valence-electron chi connectivity index (χ4n) is 3.64. The number of imidazole rings is 1. The van der Waals surface area contributed by atoms with Crippen LogP contribution in [0.3, 0.4) is 0 Å². The van der Waals surface area contributed by atoms with Crippen molar-refractivity contribution in [3.63, 3.8) is 0 Å². The normalized spacial score (nSPS) is 12.3. The molecule has 5 heterocycles. The number of fused-ring (bicyclic) bond motifs is 4. The lowest BCUT2D eigenvalue weighted by Crippen LogP contribution is -2.06. The lowest BCUT2D eigenvalue weighted by molar-refractivity contribution is -0.137. The summed E-state index contributed by atoms with van der Waals surface area (Å²) in [5, 5.41) is 1.36. The molecule has 0 aliphatic rings. The number of nitrogens with zero attached hydrogens (tertiary/aromatic N) is 5. The first-order chi connectivity index (χ1) is 14.4. The molecule has 0 unspecified atom stereocenters. The van der Waals surface area contributed by atoms with E-state index in [0.717, 1.165) is 45.9 Å². The van der Waals surface area contributed by atoms with Crippen LogP contribution < -0.4 is 0 Å². The van der Waals surface area contributed by atoms with E-state index in [0.29, 0.717) is 23.9 Å². The van der Waals surface area contributed by atoms with Crippen molar-refractivity contribution in [2.45, 2.75) is 25.9 Å². The van der Waals surface area contributed by atoms with E-state index in [9.17, 15) is 13.2 Å². The number of aromatic nitrogens is 5. The molecule has 0 N–H and O–H groups in total. The van der Waals surface area contributed by atoms with E-state index in [1.165, 1.54) is 0 Å². The number of hydrogen-bond acceptors (Lipinski definition) is 4. The van der Waals surface area contributed by atoms with Crippen LogP contribution in [0.1, 0.15) is 22.6 Å². The Labute approximate surface area is 169 Å². The number of hydrogen-bond donors (Lipinski definition) is 0. The van der Waals surface area contributed by atoms with Crippen LogP contribution >= 0.6 is 0 Å². The van der Waals surface area contributed by atoms with Gasteiger partial charge in [-0.2, -0.15) is 13.2 Å². The zero-order valence-corrected chi connectivity index (χ0v) is 16.0. The second-order valence-electron chi connectivity index (χ2n) is 7.16. The quantitative estimate of drug-likeness (QED) is 0.425. The van der Waals surface area contributed by atoms with Crippen LogP contribution in [0.25, 0.3) is 27.6 Å². The highest BCUT2D eigenvalue weighted by Gasteiger charge is 2.31. The first-order valence-electron chi connectivity index (χ1n) is 9.44. The molecule has 5 rings (SSSR count). The van der Waals surface area contributed by atoms with Gasteiger partial charge in [-0.3, -0.25) is 4.98 Å². The van der Waals surface area contributed by atoms with E-state index in [1.807, 2.05) is 35.7 Å². The van der Waals surface area contributed by atoms with Gasteiger partial charge in [-0.05, 0) is 56.2 Å². The Bertz CT molecular complexity index is 1410. The number of halogens is 3. The van der Waals surface area contributed by atoms with E-state index >= 15 is 0 Å². The van der Waals surface area contributed by atoms with Crippen LogP contribution in [0, 0.1) is 6.92 Å². The van der Waals surface area contributed by atoms with Gasteiger partial charge in [0.05, 0.1) is 16.8 Å². The molecule has 0 amide bonds. The molecule has 150 valence electrons. The Morgan fingerprint density at radius 2 is 1.87 bits per heavy atom. The van der Waals surface area contributed by atoms with Crippen LogP contribution in [0.15, 0.2) is 55.0 Å². The van der Waals surface area contributed by atoms with Crippen LogP contribution in [-0.2, 0) is 19.0 Å². The SMILES string of the molecule is Cc1c(CCc2ccc3cc(C(F)(F)F)cnc3n2)nc2c3cccnc3ccn12. The summed E-state index contributed by atoms with van der Waals surface area (Å²) < 4.78 is 40.6. The summed E-state index contributed by atoms with van der Waals surface area (Å²) >= 11 is 0. The summed E-state index contributed by atoms with van der Waals surface area (Å²) in [6.45, 7) is 2.02. The number of rotatable bonds is 3. The molecule has 0 aliphatic heterocycles. The fourth-order valence-corrected chi connectivity index (χ4v) is 3.64. The van der Waals surface area contributed by atoms with Gasteiger partial charge in [0.15, 0.2) is 5.65 Å². The van der Waals surface area contributed by atoms with Gasteiger partial charge in [-0.15, -0.1) is 0 Å². The van der Waals surface area contributed by atoms with Gasteiger partial charge < -0.3 is 4.40 Å². The van der Waals surface area contributed by atoms with E-state index in [-0.39, 0.29) is 0 Å². The zero-order valence-electron chi connectivity index (χ0n) is 16.0. The lowest BCUT2D eigenvalue weighted by atomic mass is 10.1.